The van der Waals surface area contributed by atoms with Gasteiger partial charge in [-0.1, -0.05) is 39.9 Å². The SMILES string of the molecule is CC(SC(=S)N1CCCC1)C(=O)c1cc(Br)ccc1O. The molecule has 1 aromatic carbocycles. The van der Waals surface area contributed by atoms with Gasteiger partial charge >= 0.3 is 0 Å². The number of phenols is 1. The molecule has 1 fully saturated rings. The van der Waals surface area contributed by atoms with Gasteiger partial charge in [0.1, 0.15) is 10.1 Å². The quantitative estimate of drug-likeness (QED) is 0.643. The zero-order valence-corrected chi connectivity index (χ0v) is 14.4. The maximum absolute atomic E-state index is 12.4. The molecule has 20 heavy (non-hydrogen) atoms. The van der Waals surface area contributed by atoms with Crippen LogP contribution in [0.3, 0.4) is 0 Å². The molecule has 0 spiro atoms. The minimum atomic E-state index is -0.303. The second kappa shape index (κ2) is 6.91. The number of Topliss-reactive ketones (excluding diaryl/α,β-unsaturated/α-hetero) is 1. The highest BCUT2D eigenvalue weighted by molar-refractivity contribution is 9.10. The van der Waals surface area contributed by atoms with Crippen molar-refractivity contribution >= 4 is 50.0 Å². The lowest BCUT2D eigenvalue weighted by atomic mass is 10.1. The van der Waals surface area contributed by atoms with Crippen molar-refractivity contribution in [3.8, 4) is 5.75 Å². The van der Waals surface area contributed by atoms with Gasteiger partial charge in [0.25, 0.3) is 0 Å². The number of hydrogen-bond acceptors (Lipinski definition) is 4. The molecule has 1 saturated heterocycles. The molecule has 6 heteroatoms. The van der Waals surface area contributed by atoms with Crippen molar-refractivity contribution in [2.75, 3.05) is 13.1 Å². The number of hydrogen-bond donors (Lipinski definition) is 1. The molecule has 1 aliphatic rings. The maximum Gasteiger partial charge on any atom is 0.179 e. The molecule has 2 rings (SSSR count). The number of halogens is 1. The van der Waals surface area contributed by atoms with Crippen molar-refractivity contribution in [1.29, 1.82) is 0 Å². The highest BCUT2D eigenvalue weighted by Gasteiger charge is 2.24. The first-order valence-electron chi connectivity index (χ1n) is 6.47. The van der Waals surface area contributed by atoms with E-state index in [-0.39, 0.29) is 16.8 Å². The smallest absolute Gasteiger partial charge is 0.179 e. The van der Waals surface area contributed by atoms with Gasteiger partial charge in [0.15, 0.2) is 5.78 Å². The number of nitrogens with zero attached hydrogens (tertiary/aromatic N) is 1. The molecular formula is C14H16BrNO2S2. The summed E-state index contributed by atoms with van der Waals surface area (Å²) in [7, 11) is 0. The van der Waals surface area contributed by atoms with Crippen LogP contribution >= 0.6 is 39.9 Å². The van der Waals surface area contributed by atoms with Crippen LogP contribution in [-0.2, 0) is 0 Å². The van der Waals surface area contributed by atoms with Gasteiger partial charge in [0.05, 0.1) is 10.8 Å². The minimum Gasteiger partial charge on any atom is -0.507 e. The minimum absolute atomic E-state index is 0.0118. The first-order valence-corrected chi connectivity index (χ1v) is 8.55. The molecule has 0 radical (unpaired) electrons. The summed E-state index contributed by atoms with van der Waals surface area (Å²) >= 11 is 10.1. The van der Waals surface area contributed by atoms with Gasteiger partial charge in [-0.05, 0) is 38.0 Å². The van der Waals surface area contributed by atoms with E-state index < -0.39 is 0 Å². The molecule has 0 saturated carbocycles. The summed E-state index contributed by atoms with van der Waals surface area (Å²) in [5, 5.41) is 9.50. The van der Waals surface area contributed by atoms with Crippen LogP contribution < -0.4 is 0 Å². The van der Waals surface area contributed by atoms with E-state index in [2.05, 4.69) is 20.8 Å². The van der Waals surface area contributed by atoms with Gasteiger partial charge in [-0.15, -0.1) is 0 Å². The number of ketones is 1. The van der Waals surface area contributed by atoms with Crippen LogP contribution in [-0.4, -0.2) is 38.4 Å². The first-order chi connectivity index (χ1) is 9.49. The first kappa shape index (κ1) is 15.8. The number of thiocarbonyl (C=S) groups is 1. The number of rotatable bonds is 3. The lowest BCUT2D eigenvalue weighted by Gasteiger charge is -2.20. The van der Waals surface area contributed by atoms with Gasteiger partial charge in [-0.3, -0.25) is 4.79 Å². The fraction of sp³-hybridized carbons (Fsp3) is 0.429. The molecule has 0 bridgehead atoms. The standard InChI is InChI=1S/C14H16BrNO2S2/c1-9(20-14(19)16-6-2-3-7-16)13(18)11-8-10(15)4-5-12(11)17/h4-5,8-9,17H,2-3,6-7H2,1H3. The Bertz CT molecular complexity index is 530. The summed E-state index contributed by atoms with van der Waals surface area (Å²) in [6.45, 7) is 3.79. The number of carbonyl (C=O) groups is 1. The summed E-state index contributed by atoms with van der Waals surface area (Å²) in [6.07, 6.45) is 2.32. The third-order valence-electron chi connectivity index (χ3n) is 3.24. The second-order valence-corrected chi connectivity index (χ2v) is 7.64. The lowest BCUT2D eigenvalue weighted by Crippen LogP contribution is -2.27. The van der Waals surface area contributed by atoms with Crippen LogP contribution in [0.2, 0.25) is 0 Å². The highest BCUT2D eigenvalue weighted by atomic mass is 79.9. The van der Waals surface area contributed by atoms with Gasteiger partial charge in [-0.25, -0.2) is 0 Å². The number of likely N-dealkylation sites (tertiary alicyclic amines) is 1. The summed E-state index contributed by atoms with van der Waals surface area (Å²) in [5.74, 6) is -0.0897. The Morgan fingerprint density at radius 2 is 2.10 bits per heavy atom. The van der Waals surface area contributed by atoms with Crippen molar-refractivity contribution in [3.63, 3.8) is 0 Å². The second-order valence-electron chi connectivity index (χ2n) is 4.75. The Hall–Kier alpha value is -0.590. The Kier molecular flexibility index (Phi) is 5.46. The van der Waals surface area contributed by atoms with E-state index in [1.54, 1.807) is 12.1 Å². The van der Waals surface area contributed by atoms with Crippen molar-refractivity contribution in [2.24, 2.45) is 0 Å². The molecule has 0 aliphatic carbocycles. The zero-order chi connectivity index (χ0) is 14.7. The van der Waals surface area contributed by atoms with E-state index in [1.165, 1.54) is 17.8 Å². The molecule has 1 aliphatic heterocycles. The van der Waals surface area contributed by atoms with Crippen LogP contribution in [0, 0.1) is 0 Å². The summed E-state index contributed by atoms with van der Waals surface area (Å²) in [5.41, 5.74) is 0.337. The summed E-state index contributed by atoms with van der Waals surface area (Å²) < 4.78 is 1.55. The maximum atomic E-state index is 12.4. The third-order valence-corrected chi connectivity index (χ3v) is 5.30. The van der Waals surface area contributed by atoms with E-state index in [1.807, 2.05) is 6.92 Å². The predicted molar refractivity (Wildman–Crippen MR) is 90.6 cm³/mol. The van der Waals surface area contributed by atoms with E-state index in [4.69, 9.17) is 12.2 Å². The monoisotopic (exact) mass is 373 g/mol. The largest absolute Gasteiger partial charge is 0.507 e. The molecule has 1 aromatic rings. The molecule has 1 unspecified atom stereocenters. The van der Waals surface area contributed by atoms with Crippen LogP contribution in [0.15, 0.2) is 22.7 Å². The summed E-state index contributed by atoms with van der Waals surface area (Å²) in [6, 6.07) is 4.87. The molecule has 108 valence electrons. The Morgan fingerprint density at radius 1 is 1.45 bits per heavy atom. The number of aromatic hydroxyl groups is 1. The lowest BCUT2D eigenvalue weighted by molar-refractivity contribution is 0.0991. The van der Waals surface area contributed by atoms with E-state index in [0.29, 0.717) is 5.56 Å². The average molecular weight is 374 g/mol. The zero-order valence-electron chi connectivity index (χ0n) is 11.1. The Balaban J connectivity index is 2.04. The molecule has 1 N–H and O–H groups in total. The van der Waals surface area contributed by atoms with Crippen LogP contribution in [0.1, 0.15) is 30.1 Å². The van der Waals surface area contributed by atoms with Crippen molar-refractivity contribution in [1.82, 2.24) is 4.90 Å². The fourth-order valence-corrected chi connectivity index (χ4v) is 3.95. The fourth-order valence-electron chi connectivity index (χ4n) is 2.10. The van der Waals surface area contributed by atoms with E-state index in [9.17, 15) is 9.90 Å². The number of carbonyl (C=O) groups excluding carboxylic acids is 1. The molecular weight excluding hydrogens is 358 g/mol. The Labute approximate surface area is 136 Å². The normalized spacial score (nSPS) is 16.2. The molecule has 3 nitrogen and oxygen atoms in total. The van der Waals surface area contributed by atoms with E-state index in [0.717, 1.165) is 34.7 Å². The van der Waals surface area contributed by atoms with Crippen molar-refractivity contribution in [3.05, 3.63) is 28.2 Å². The van der Waals surface area contributed by atoms with Gasteiger partial charge < -0.3 is 10.0 Å². The molecule has 1 atom stereocenters. The number of benzene rings is 1. The molecule has 0 amide bonds. The summed E-state index contributed by atoms with van der Waals surface area (Å²) in [4.78, 5) is 14.5. The highest BCUT2D eigenvalue weighted by Crippen LogP contribution is 2.28. The third kappa shape index (κ3) is 3.74. The topological polar surface area (TPSA) is 40.5 Å². The van der Waals surface area contributed by atoms with Gasteiger partial charge in [0.2, 0.25) is 0 Å². The van der Waals surface area contributed by atoms with Crippen molar-refractivity contribution in [2.45, 2.75) is 25.0 Å². The van der Waals surface area contributed by atoms with Gasteiger partial charge in [0, 0.05) is 17.6 Å². The van der Waals surface area contributed by atoms with Crippen LogP contribution in [0.25, 0.3) is 0 Å². The predicted octanol–water partition coefficient (Wildman–Crippen LogP) is 3.84. The Morgan fingerprint density at radius 3 is 2.75 bits per heavy atom. The van der Waals surface area contributed by atoms with Crippen molar-refractivity contribution < 1.29 is 9.90 Å². The van der Waals surface area contributed by atoms with Gasteiger partial charge in [-0.2, -0.15) is 0 Å². The molecule has 1 heterocycles. The van der Waals surface area contributed by atoms with Crippen LogP contribution in [0.4, 0.5) is 0 Å². The molecule has 0 aromatic heterocycles. The number of thioether (sulfide) groups is 1. The average Bonchev–Trinajstić information content (AvgIpc) is 2.94. The van der Waals surface area contributed by atoms with Crippen LogP contribution in [0.5, 0.6) is 5.75 Å². The number of phenolic OH excluding ortho intramolecular Hbond substituents is 1. The van der Waals surface area contributed by atoms with E-state index >= 15 is 0 Å².